The first-order valence-corrected chi connectivity index (χ1v) is 10.9. The zero-order chi connectivity index (χ0) is 22.5. The highest BCUT2D eigenvalue weighted by Crippen LogP contribution is 2.24. The van der Waals surface area contributed by atoms with Crippen molar-refractivity contribution in [3.8, 4) is 0 Å². The van der Waals surface area contributed by atoms with E-state index in [0.29, 0.717) is 28.7 Å². The molecule has 9 heteroatoms. The highest BCUT2D eigenvalue weighted by atomic mass is 79.9. The molecule has 0 unspecified atom stereocenters. The summed E-state index contributed by atoms with van der Waals surface area (Å²) in [4.78, 5) is 37.6. The predicted octanol–water partition coefficient (Wildman–Crippen LogP) is 4.54. The third kappa shape index (κ3) is 5.86. The van der Waals surface area contributed by atoms with Crippen LogP contribution in [0.3, 0.4) is 0 Å². The molecular weight excluding hydrogens is 484 g/mol. The monoisotopic (exact) mass is 504 g/mol. The summed E-state index contributed by atoms with van der Waals surface area (Å²) in [5, 5.41) is 6.63. The van der Waals surface area contributed by atoms with E-state index in [2.05, 4.69) is 32.0 Å². The molecule has 1 aromatic heterocycles. The van der Waals surface area contributed by atoms with Crippen LogP contribution in [0.25, 0.3) is 10.9 Å². The van der Waals surface area contributed by atoms with Crippen molar-refractivity contribution in [3.05, 3.63) is 63.7 Å². The first kappa shape index (κ1) is 22.8. The highest BCUT2D eigenvalue weighted by Gasteiger charge is 2.21. The quantitative estimate of drug-likeness (QED) is 0.429. The van der Waals surface area contributed by atoms with Crippen molar-refractivity contribution in [2.45, 2.75) is 20.3 Å². The Hall–Kier alpha value is -2.84. The molecule has 31 heavy (non-hydrogen) atoms. The second kappa shape index (κ2) is 9.98. The summed E-state index contributed by atoms with van der Waals surface area (Å²) in [6.45, 7) is 4.46. The van der Waals surface area contributed by atoms with Gasteiger partial charge in [0.05, 0.1) is 5.52 Å². The molecule has 0 aliphatic carbocycles. The maximum Gasteiger partial charge on any atom is 0.328 e. The minimum atomic E-state index is -0.857. The van der Waals surface area contributed by atoms with Crippen LogP contribution in [0, 0.1) is 5.92 Å². The molecule has 0 saturated carbocycles. The fourth-order valence-corrected chi connectivity index (χ4v) is 3.41. The smallest absolute Gasteiger partial charge is 0.328 e. The van der Waals surface area contributed by atoms with E-state index in [1.54, 1.807) is 42.5 Å². The average Bonchev–Trinajstić information content (AvgIpc) is 3.06. The highest BCUT2D eigenvalue weighted by molar-refractivity contribution is 9.10. The topological polar surface area (TPSA) is 92.2 Å². The van der Waals surface area contributed by atoms with Gasteiger partial charge in [-0.05, 0) is 60.9 Å². The number of halogens is 2. The molecule has 0 fully saturated rings. The molecule has 0 bridgehead atoms. The van der Waals surface area contributed by atoms with Crippen molar-refractivity contribution in [1.29, 1.82) is 0 Å². The third-order valence-corrected chi connectivity index (χ3v) is 5.27. The summed E-state index contributed by atoms with van der Waals surface area (Å²) in [6, 6.07) is 13.7. The van der Waals surface area contributed by atoms with Gasteiger partial charge in [0.2, 0.25) is 0 Å². The van der Waals surface area contributed by atoms with Gasteiger partial charge in [-0.15, -0.1) is 0 Å². The van der Waals surface area contributed by atoms with Crippen molar-refractivity contribution in [2.24, 2.45) is 5.92 Å². The number of hydrogen-bond acceptors (Lipinski definition) is 3. The number of hydrogen-bond donors (Lipinski definition) is 3. The molecule has 0 radical (unpaired) electrons. The number of carbonyl (C=O) groups excluding carboxylic acids is 3. The standard InChI is InChI=1S/C22H22BrClN4O3/c1-13(2)9-10-25-21(30)22(31)27-28-18-8-3-15(23)11-14(18)12-19(28)20(29)26-17-6-4-16(24)5-7-17/h3-8,11-13H,9-10H2,1-2H3,(H,25,30)(H,26,29)(H,27,31). The summed E-state index contributed by atoms with van der Waals surface area (Å²) in [5.74, 6) is -1.66. The Morgan fingerprint density at radius 1 is 1.03 bits per heavy atom. The van der Waals surface area contributed by atoms with Gasteiger partial charge in [0, 0.05) is 27.1 Å². The Kier molecular flexibility index (Phi) is 7.35. The second-order valence-corrected chi connectivity index (χ2v) is 8.76. The number of nitrogens with one attached hydrogen (secondary N) is 3. The van der Waals surface area contributed by atoms with E-state index in [1.807, 2.05) is 19.9 Å². The molecule has 3 amide bonds. The maximum absolute atomic E-state index is 12.9. The lowest BCUT2D eigenvalue weighted by molar-refractivity contribution is -0.136. The van der Waals surface area contributed by atoms with Crippen molar-refractivity contribution < 1.29 is 14.4 Å². The molecule has 0 saturated heterocycles. The van der Waals surface area contributed by atoms with Crippen LogP contribution in [0.15, 0.2) is 53.0 Å². The summed E-state index contributed by atoms with van der Waals surface area (Å²) in [6.07, 6.45) is 0.758. The molecule has 2 aromatic carbocycles. The minimum absolute atomic E-state index is 0.173. The van der Waals surface area contributed by atoms with Crippen molar-refractivity contribution in [3.63, 3.8) is 0 Å². The van der Waals surface area contributed by atoms with Gasteiger partial charge >= 0.3 is 11.8 Å². The molecule has 0 aliphatic heterocycles. The van der Waals surface area contributed by atoms with Crippen LogP contribution in [0.1, 0.15) is 30.8 Å². The van der Waals surface area contributed by atoms with Crippen LogP contribution in [0.4, 0.5) is 5.69 Å². The first-order chi connectivity index (χ1) is 14.7. The zero-order valence-corrected chi connectivity index (χ0v) is 19.4. The lowest BCUT2D eigenvalue weighted by Gasteiger charge is -2.13. The van der Waals surface area contributed by atoms with E-state index < -0.39 is 17.7 Å². The molecule has 162 valence electrons. The van der Waals surface area contributed by atoms with Gasteiger partial charge < -0.3 is 10.6 Å². The lowest BCUT2D eigenvalue weighted by Crippen LogP contribution is -2.40. The summed E-state index contributed by atoms with van der Waals surface area (Å²) in [5.41, 5.74) is 3.83. The van der Waals surface area contributed by atoms with Crippen LogP contribution in [-0.4, -0.2) is 28.9 Å². The molecule has 1 heterocycles. The minimum Gasteiger partial charge on any atom is -0.348 e. The number of carbonyl (C=O) groups is 3. The Balaban J connectivity index is 1.86. The number of aromatic nitrogens is 1. The van der Waals surface area contributed by atoms with E-state index >= 15 is 0 Å². The number of fused-ring (bicyclic) bond motifs is 1. The second-order valence-electron chi connectivity index (χ2n) is 7.41. The summed E-state index contributed by atoms with van der Waals surface area (Å²) < 4.78 is 2.14. The first-order valence-electron chi connectivity index (χ1n) is 9.71. The Bertz CT molecular complexity index is 1130. The van der Waals surface area contributed by atoms with Crippen molar-refractivity contribution >= 4 is 61.8 Å². The number of rotatable bonds is 6. The Morgan fingerprint density at radius 3 is 2.42 bits per heavy atom. The third-order valence-electron chi connectivity index (χ3n) is 4.53. The van der Waals surface area contributed by atoms with Gasteiger partial charge in [0.1, 0.15) is 5.69 Å². The molecular formula is C22H22BrClN4O3. The normalized spacial score (nSPS) is 10.9. The van der Waals surface area contributed by atoms with Crippen LogP contribution >= 0.6 is 27.5 Å². The van der Waals surface area contributed by atoms with E-state index in [0.717, 1.165) is 16.3 Å². The summed E-state index contributed by atoms with van der Waals surface area (Å²) >= 11 is 9.30. The number of benzene rings is 2. The number of anilines is 1. The Morgan fingerprint density at radius 2 is 1.74 bits per heavy atom. The van der Waals surface area contributed by atoms with Gasteiger partial charge in [-0.2, -0.15) is 0 Å². The van der Waals surface area contributed by atoms with Crippen LogP contribution in [0.2, 0.25) is 5.02 Å². The summed E-state index contributed by atoms with van der Waals surface area (Å²) in [7, 11) is 0. The van der Waals surface area contributed by atoms with Crippen LogP contribution in [-0.2, 0) is 9.59 Å². The van der Waals surface area contributed by atoms with E-state index in [1.165, 1.54) is 4.68 Å². The lowest BCUT2D eigenvalue weighted by atomic mass is 10.1. The van der Waals surface area contributed by atoms with Gasteiger partial charge in [-0.1, -0.05) is 41.4 Å². The van der Waals surface area contributed by atoms with Crippen LogP contribution in [0.5, 0.6) is 0 Å². The molecule has 0 spiro atoms. The molecule has 0 atom stereocenters. The molecule has 0 aliphatic rings. The largest absolute Gasteiger partial charge is 0.348 e. The molecule has 7 nitrogen and oxygen atoms in total. The average molecular weight is 506 g/mol. The van der Waals surface area contributed by atoms with Crippen LogP contribution < -0.4 is 16.1 Å². The fraction of sp³-hybridized carbons (Fsp3) is 0.227. The number of amides is 3. The van der Waals surface area contributed by atoms with Crippen molar-refractivity contribution in [1.82, 2.24) is 9.99 Å². The zero-order valence-electron chi connectivity index (χ0n) is 17.0. The molecule has 3 N–H and O–H groups in total. The molecule has 3 rings (SSSR count). The SMILES string of the molecule is CC(C)CCNC(=O)C(=O)Nn1c(C(=O)Nc2ccc(Cl)cc2)cc2cc(Br)ccc21. The fourth-order valence-electron chi connectivity index (χ4n) is 2.91. The number of nitrogens with zero attached hydrogens (tertiary/aromatic N) is 1. The maximum atomic E-state index is 12.9. The van der Waals surface area contributed by atoms with E-state index in [-0.39, 0.29) is 5.69 Å². The van der Waals surface area contributed by atoms with E-state index in [4.69, 9.17) is 11.6 Å². The molecule has 3 aromatic rings. The van der Waals surface area contributed by atoms with E-state index in [9.17, 15) is 14.4 Å². The van der Waals surface area contributed by atoms with Gasteiger partial charge in [0.15, 0.2) is 0 Å². The Labute approximate surface area is 193 Å². The predicted molar refractivity (Wildman–Crippen MR) is 126 cm³/mol. The van der Waals surface area contributed by atoms with Gasteiger partial charge in [0.25, 0.3) is 5.91 Å². The van der Waals surface area contributed by atoms with Gasteiger partial charge in [-0.25, -0.2) is 4.68 Å². The van der Waals surface area contributed by atoms with Crippen molar-refractivity contribution in [2.75, 3.05) is 17.3 Å². The van der Waals surface area contributed by atoms with Gasteiger partial charge in [-0.3, -0.25) is 19.8 Å².